The van der Waals surface area contributed by atoms with Crippen LogP contribution in [0.5, 0.6) is 0 Å². The number of hydrogen-bond acceptors (Lipinski definition) is 3. The Balaban J connectivity index is 1.77. The minimum atomic E-state index is 0.0727. The van der Waals surface area contributed by atoms with Crippen LogP contribution in [0.15, 0.2) is 35.1 Å². The third kappa shape index (κ3) is 2.62. The van der Waals surface area contributed by atoms with Crippen molar-refractivity contribution in [1.82, 2.24) is 9.88 Å². The molecule has 2 heterocycles. The quantitative estimate of drug-likeness (QED) is 0.923. The highest BCUT2D eigenvalue weighted by atomic mass is 16.5. The molecule has 106 valence electrons. The summed E-state index contributed by atoms with van der Waals surface area (Å²) in [6, 6.07) is 9.95. The number of hydrogen-bond donors (Lipinski definition) is 1. The van der Waals surface area contributed by atoms with Crippen molar-refractivity contribution in [1.29, 1.82) is 0 Å². The largest absolute Gasteiger partial charge is 0.377 e. The maximum Gasteiger partial charge on any atom is 0.255 e. The van der Waals surface area contributed by atoms with Gasteiger partial charge in [-0.1, -0.05) is 18.2 Å². The molecule has 4 nitrogen and oxygen atoms in total. The first kappa shape index (κ1) is 13.3. The molecule has 1 aliphatic heterocycles. The van der Waals surface area contributed by atoms with Gasteiger partial charge in [-0.15, -0.1) is 0 Å². The maximum atomic E-state index is 12.3. The van der Waals surface area contributed by atoms with E-state index in [1.54, 1.807) is 4.57 Å². The molecular formula is C16H20N2O2. The summed E-state index contributed by atoms with van der Waals surface area (Å²) in [5, 5.41) is 4.44. The number of fused-ring (bicyclic) bond motifs is 1. The number of nitrogens with zero attached hydrogens (tertiary/aromatic N) is 1. The van der Waals surface area contributed by atoms with Crippen molar-refractivity contribution in [3.05, 3.63) is 46.2 Å². The molecule has 1 fully saturated rings. The second kappa shape index (κ2) is 5.77. The molecule has 20 heavy (non-hydrogen) atoms. The van der Waals surface area contributed by atoms with Crippen LogP contribution in [0.25, 0.3) is 10.9 Å². The van der Waals surface area contributed by atoms with Gasteiger partial charge in [0, 0.05) is 32.3 Å². The van der Waals surface area contributed by atoms with Crippen LogP contribution in [0, 0.1) is 0 Å². The molecule has 4 heteroatoms. The highest BCUT2D eigenvalue weighted by Crippen LogP contribution is 2.13. The molecule has 0 radical (unpaired) electrons. The molecule has 0 spiro atoms. The van der Waals surface area contributed by atoms with Gasteiger partial charge < -0.3 is 14.6 Å². The van der Waals surface area contributed by atoms with Crippen LogP contribution in [0.3, 0.4) is 0 Å². The normalized spacial score (nSPS) is 18.8. The highest BCUT2D eigenvalue weighted by molar-refractivity contribution is 5.79. The first-order valence-corrected chi connectivity index (χ1v) is 7.15. The molecule has 1 unspecified atom stereocenters. The van der Waals surface area contributed by atoms with Crippen molar-refractivity contribution in [2.75, 3.05) is 13.2 Å². The van der Waals surface area contributed by atoms with E-state index in [-0.39, 0.29) is 5.56 Å². The average Bonchev–Trinajstić information content (AvgIpc) is 2.97. The summed E-state index contributed by atoms with van der Waals surface area (Å²) in [5.41, 5.74) is 1.85. The second-order valence-electron chi connectivity index (χ2n) is 5.36. The van der Waals surface area contributed by atoms with Crippen LogP contribution in [-0.4, -0.2) is 23.8 Å². The van der Waals surface area contributed by atoms with E-state index < -0.39 is 0 Å². The van der Waals surface area contributed by atoms with Crippen molar-refractivity contribution in [3.8, 4) is 0 Å². The van der Waals surface area contributed by atoms with Crippen LogP contribution >= 0.6 is 0 Å². The molecule has 1 N–H and O–H groups in total. The number of benzene rings is 1. The van der Waals surface area contributed by atoms with Gasteiger partial charge in [-0.25, -0.2) is 0 Å². The number of pyridine rings is 1. The number of aromatic nitrogens is 1. The average molecular weight is 272 g/mol. The van der Waals surface area contributed by atoms with Gasteiger partial charge in [-0.05, 0) is 30.4 Å². The van der Waals surface area contributed by atoms with E-state index in [0.717, 1.165) is 42.5 Å². The van der Waals surface area contributed by atoms with E-state index in [2.05, 4.69) is 5.32 Å². The van der Waals surface area contributed by atoms with E-state index in [9.17, 15) is 4.79 Å². The molecule has 1 aliphatic rings. The molecule has 1 aromatic heterocycles. The summed E-state index contributed by atoms with van der Waals surface area (Å²) in [6.07, 6.45) is 2.56. The van der Waals surface area contributed by atoms with E-state index in [1.165, 1.54) is 0 Å². The first-order valence-electron chi connectivity index (χ1n) is 7.15. The molecule has 2 aromatic rings. The third-order valence-electron chi connectivity index (χ3n) is 3.92. The number of nitrogens with one attached hydrogen (secondary N) is 1. The zero-order valence-corrected chi connectivity index (χ0v) is 11.8. The molecule has 1 saturated heterocycles. The fraction of sp³-hybridized carbons (Fsp3) is 0.438. The predicted octanol–water partition coefficient (Wildman–Crippen LogP) is 1.81. The number of ether oxygens (including phenoxy) is 1. The zero-order chi connectivity index (χ0) is 13.9. The lowest BCUT2D eigenvalue weighted by atomic mass is 10.1. The van der Waals surface area contributed by atoms with Gasteiger partial charge >= 0.3 is 0 Å². The molecular weight excluding hydrogens is 252 g/mol. The molecule has 0 amide bonds. The Bertz CT molecular complexity index is 657. The zero-order valence-electron chi connectivity index (χ0n) is 11.8. The van der Waals surface area contributed by atoms with Gasteiger partial charge in [0.1, 0.15) is 0 Å². The SMILES string of the molecule is Cn1c(=O)c(CNCC2CCCO2)cc2ccccc21. The highest BCUT2D eigenvalue weighted by Gasteiger charge is 2.15. The monoisotopic (exact) mass is 272 g/mol. The fourth-order valence-electron chi connectivity index (χ4n) is 2.79. The van der Waals surface area contributed by atoms with E-state index >= 15 is 0 Å². The summed E-state index contributed by atoms with van der Waals surface area (Å²) in [7, 11) is 1.83. The summed E-state index contributed by atoms with van der Waals surface area (Å²) < 4.78 is 7.29. The van der Waals surface area contributed by atoms with Crippen molar-refractivity contribution < 1.29 is 4.74 Å². The van der Waals surface area contributed by atoms with E-state index in [0.29, 0.717) is 12.6 Å². The lowest BCUT2D eigenvalue weighted by Gasteiger charge is -2.12. The van der Waals surface area contributed by atoms with Gasteiger partial charge in [0.05, 0.1) is 11.6 Å². The number of rotatable bonds is 4. The van der Waals surface area contributed by atoms with E-state index in [1.807, 2.05) is 37.4 Å². The van der Waals surface area contributed by atoms with Crippen molar-refractivity contribution >= 4 is 10.9 Å². The number of para-hydroxylation sites is 1. The van der Waals surface area contributed by atoms with Gasteiger partial charge in [-0.2, -0.15) is 0 Å². The Morgan fingerprint density at radius 1 is 1.40 bits per heavy atom. The topological polar surface area (TPSA) is 43.3 Å². The minimum Gasteiger partial charge on any atom is -0.377 e. The van der Waals surface area contributed by atoms with Crippen LogP contribution in [-0.2, 0) is 18.3 Å². The van der Waals surface area contributed by atoms with Gasteiger partial charge in [0.25, 0.3) is 5.56 Å². The van der Waals surface area contributed by atoms with Crippen molar-refractivity contribution in [2.24, 2.45) is 7.05 Å². The number of aryl methyl sites for hydroxylation is 1. The van der Waals surface area contributed by atoms with Crippen LogP contribution in [0.4, 0.5) is 0 Å². The molecule has 1 atom stereocenters. The lowest BCUT2D eigenvalue weighted by molar-refractivity contribution is 0.110. The van der Waals surface area contributed by atoms with Gasteiger partial charge in [-0.3, -0.25) is 4.79 Å². The molecule has 0 aliphatic carbocycles. The van der Waals surface area contributed by atoms with Crippen LogP contribution < -0.4 is 10.9 Å². The fourth-order valence-corrected chi connectivity index (χ4v) is 2.79. The summed E-state index contributed by atoms with van der Waals surface area (Å²) >= 11 is 0. The Hall–Kier alpha value is -1.65. The van der Waals surface area contributed by atoms with Gasteiger partial charge in [0.15, 0.2) is 0 Å². The second-order valence-corrected chi connectivity index (χ2v) is 5.36. The Kier molecular flexibility index (Phi) is 3.85. The third-order valence-corrected chi connectivity index (χ3v) is 3.92. The smallest absolute Gasteiger partial charge is 0.255 e. The lowest BCUT2D eigenvalue weighted by Crippen LogP contribution is -2.30. The van der Waals surface area contributed by atoms with E-state index in [4.69, 9.17) is 4.74 Å². The summed E-state index contributed by atoms with van der Waals surface area (Å²) in [5.74, 6) is 0. The Morgan fingerprint density at radius 2 is 2.25 bits per heavy atom. The molecule has 3 rings (SSSR count). The molecule has 0 saturated carbocycles. The van der Waals surface area contributed by atoms with Crippen LogP contribution in [0.2, 0.25) is 0 Å². The molecule has 1 aromatic carbocycles. The van der Waals surface area contributed by atoms with Gasteiger partial charge in [0.2, 0.25) is 0 Å². The molecule has 0 bridgehead atoms. The van der Waals surface area contributed by atoms with Crippen LogP contribution in [0.1, 0.15) is 18.4 Å². The maximum absolute atomic E-state index is 12.3. The predicted molar refractivity (Wildman–Crippen MR) is 79.9 cm³/mol. The summed E-state index contributed by atoms with van der Waals surface area (Å²) in [4.78, 5) is 12.3. The Labute approximate surface area is 118 Å². The Morgan fingerprint density at radius 3 is 3.05 bits per heavy atom. The summed E-state index contributed by atoms with van der Waals surface area (Å²) in [6.45, 7) is 2.28. The minimum absolute atomic E-state index is 0.0727. The van der Waals surface area contributed by atoms with Crippen molar-refractivity contribution in [2.45, 2.75) is 25.5 Å². The van der Waals surface area contributed by atoms with Crippen molar-refractivity contribution in [3.63, 3.8) is 0 Å². The standard InChI is InChI=1S/C16H20N2O2/c1-18-15-7-3-2-5-12(15)9-13(16(18)19)10-17-11-14-6-4-8-20-14/h2-3,5,7,9,14,17H,4,6,8,10-11H2,1H3. The first-order chi connectivity index (χ1) is 9.75.